The van der Waals surface area contributed by atoms with Crippen molar-refractivity contribution in [2.75, 3.05) is 5.32 Å². The van der Waals surface area contributed by atoms with Gasteiger partial charge in [0.15, 0.2) is 5.69 Å². The van der Waals surface area contributed by atoms with Crippen LogP contribution < -0.4 is 11.1 Å². The second-order valence-electron chi connectivity index (χ2n) is 3.53. The maximum atomic E-state index is 12.5. The fraction of sp³-hybridized carbons (Fsp3) is 0.500. The van der Waals surface area contributed by atoms with Crippen LogP contribution in [-0.4, -0.2) is 27.7 Å². The predicted molar refractivity (Wildman–Crippen MR) is 48.8 cm³/mol. The van der Waals surface area contributed by atoms with Gasteiger partial charge < -0.3 is 15.6 Å². The van der Waals surface area contributed by atoms with Crippen molar-refractivity contribution >= 4 is 11.7 Å². The molecular formula is C8H9F3N4O. The van der Waals surface area contributed by atoms with Crippen LogP contribution in [0.3, 0.4) is 0 Å². The molecule has 1 aromatic heterocycles. The van der Waals surface area contributed by atoms with E-state index in [-0.39, 0.29) is 24.5 Å². The Morgan fingerprint density at radius 2 is 2.31 bits per heavy atom. The van der Waals surface area contributed by atoms with Gasteiger partial charge in [-0.15, -0.1) is 0 Å². The topological polar surface area (TPSA) is 72.9 Å². The van der Waals surface area contributed by atoms with Crippen molar-refractivity contribution < 1.29 is 18.0 Å². The van der Waals surface area contributed by atoms with Gasteiger partial charge in [0.2, 0.25) is 0 Å². The number of amides is 1. The number of nitrogens with zero attached hydrogens (tertiary/aromatic N) is 2. The average Bonchev–Trinajstić information content (AvgIpc) is 2.58. The third kappa shape index (κ3) is 1.70. The highest BCUT2D eigenvalue weighted by molar-refractivity contribution is 5.95. The van der Waals surface area contributed by atoms with Crippen LogP contribution in [0.1, 0.15) is 16.9 Å². The van der Waals surface area contributed by atoms with Crippen molar-refractivity contribution in [3.8, 4) is 0 Å². The van der Waals surface area contributed by atoms with E-state index >= 15 is 0 Å². The van der Waals surface area contributed by atoms with Gasteiger partial charge in [0.1, 0.15) is 11.9 Å². The SMILES string of the molecule is NC(=O)c1ncn2c1NC(C(F)(F)F)CC2. The van der Waals surface area contributed by atoms with Crippen molar-refractivity contribution in [3.05, 3.63) is 12.0 Å². The number of halogens is 3. The molecule has 0 bridgehead atoms. The number of carbonyl (C=O) groups is 1. The largest absolute Gasteiger partial charge is 0.408 e. The van der Waals surface area contributed by atoms with Crippen LogP contribution in [0, 0.1) is 0 Å². The molecule has 88 valence electrons. The summed E-state index contributed by atoms with van der Waals surface area (Å²) >= 11 is 0. The number of nitrogens with one attached hydrogen (secondary N) is 1. The van der Waals surface area contributed by atoms with E-state index in [9.17, 15) is 18.0 Å². The summed E-state index contributed by atoms with van der Waals surface area (Å²) in [5.41, 5.74) is 4.84. The van der Waals surface area contributed by atoms with Gasteiger partial charge in [0, 0.05) is 6.54 Å². The summed E-state index contributed by atoms with van der Waals surface area (Å²) in [5, 5.41) is 2.24. The van der Waals surface area contributed by atoms with Crippen LogP contribution in [0.5, 0.6) is 0 Å². The Morgan fingerprint density at radius 1 is 1.62 bits per heavy atom. The lowest BCUT2D eigenvalue weighted by Crippen LogP contribution is -2.41. The molecule has 0 spiro atoms. The number of imidazole rings is 1. The van der Waals surface area contributed by atoms with Crippen molar-refractivity contribution in [1.29, 1.82) is 0 Å². The molecule has 8 heteroatoms. The van der Waals surface area contributed by atoms with Crippen molar-refractivity contribution in [3.63, 3.8) is 0 Å². The van der Waals surface area contributed by atoms with E-state index in [4.69, 9.17) is 5.73 Å². The molecule has 1 amide bonds. The van der Waals surface area contributed by atoms with Crippen molar-refractivity contribution in [1.82, 2.24) is 9.55 Å². The molecule has 0 radical (unpaired) electrons. The fourth-order valence-electron chi connectivity index (χ4n) is 1.63. The molecule has 0 fully saturated rings. The van der Waals surface area contributed by atoms with E-state index in [1.807, 2.05) is 0 Å². The summed E-state index contributed by atoms with van der Waals surface area (Å²) in [4.78, 5) is 14.6. The minimum Gasteiger partial charge on any atom is -0.364 e. The molecule has 1 aromatic rings. The van der Waals surface area contributed by atoms with Crippen LogP contribution >= 0.6 is 0 Å². The summed E-state index contributed by atoms with van der Waals surface area (Å²) in [6.45, 7) is 0.160. The van der Waals surface area contributed by atoms with Gasteiger partial charge >= 0.3 is 6.18 Å². The summed E-state index contributed by atoms with van der Waals surface area (Å²) in [6.07, 6.45) is -3.13. The molecule has 0 aliphatic carbocycles. The lowest BCUT2D eigenvalue weighted by atomic mass is 10.1. The lowest BCUT2D eigenvalue weighted by molar-refractivity contribution is -0.145. The summed E-state index contributed by atoms with van der Waals surface area (Å²) in [6, 6.07) is -1.66. The molecule has 5 nitrogen and oxygen atoms in total. The molecule has 2 rings (SSSR count). The van der Waals surface area contributed by atoms with Crippen LogP contribution in [0.4, 0.5) is 19.0 Å². The van der Waals surface area contributed by atoms with Crippen molar-refractivity contribution in [2.24, 2.45) is 5.73 Å². The van der Waals surface area contributed by atoms with E-state index in [1.54, 1.807) is 0 Å². The Balaban J connectivity index is 2.31. The Hall–Kier alpha value is -1.73. The smallest absolute Gasteiger partial charge is 0.364 e. The molecule has 3 N–H and O–H groups in total. The number of primary amides is 1. The third-order valence-electron chi connectivity index (χ3n) is 2.44. The molecule has 0 saturated heterocycles. The first kappa shape index (κ1) is 10.8. The molecule has 0 aromatic carbocycles. The predicted octanol–water partition coefficient (Wildman–Crippen LogP) is 0.728. The first-order valence-electron chi connectivity index (χ1n) is 4.58. The zero-order valence-electron chi connectivity index (χ0n) is 8.08. The van der Waals surface area contributed by atoms with Crippen LogP contribution in [0.15, 0.2) is 6.33 Å². The fourth-order valence-corrected chi connectivity index (χ4v) is 1.63. The number of fused-ring (bicyclic) bond motifs is 1. The van der Waals surface area contributed by atoms with Crippen LogP contribution in [0.2, 0.25) is 0 Å². The van der Waals surface area contributed by atoms with Gasteiger partial charge in [-0.2, -0.15) is 13.2 Å². The molecule has 1 aliphatic heterocycles. The number of alkyl halides is 3. The Labute approximate surface area is 88.4 Å². The van der Waals surface area contributed by atoms with Gasteiger partial charge in [0.25, 0.3) is 5.91 Å². The minimum absolute atomic E-state index is 0.0427. The summed E-state index contributed by atoms with van der Waals surface area (Å²) < 4.78 is 38.8. The minimum atomic E-state index is -4.34. The highest BCUT2D eigenvalue weighted by Crippen LogP contribution is 2.31. The molecule has 1 atom stereocenters. The first-order valence-corrected chi connectivity index (χ1v) is 4.58. The third-order valence-corrected chi connectivity index (χ3v) is 2.44. The van der Waals surface area contributed by atoms with Gasteiger partial charge in [-0.3, -0.25) is 4.79 Å². The summed E-state index contributed by atoms with van der Waals surface area (Å²) in [5.74, 6) is -0.801. The van der Waals surface area contributed by atoms with E-state index in [2.05, 4.69) is 10.3 Å². The van der Waals surface area contributed by atoms with Gasteiger partial charge in [-0.1, -0.05) is 0 Å². The maximum absolute atomic E-state index is 12.5. The lowest BCUT2D eigenvalue weighted by Gasteiger charge is -2.28. The monoisotopic (exact) mass is 234 g/mol. The standard InChI is InChI=1S/C8H9F3N4O/c9-8(10,11)4-1-2-15-3-13-5(6(12)16)7(15)14-4/h3-4,14H,1-2H2,(H2,12,16). The zero-order chi connectivity index (χ0) is 11.9. The normalized spacial score (nSPS) is 20.1. The van der Waals surface area contributed by atoms with Gasteiger partial charge in [-0.05, 0) is 6.42 Å². The number of aryl methyl sites for hydroxylation is 1. The Morgan fingerprint density at radius 3 is 2.88 bits per heavy atom. The molecule has 0 saturated carbocycles. The molecule has 1 unspecified atom stereocenters. The quantitative estimate of drug-likeness (QED) is 0.752. The molecule has 16 heavy (non-hydrogen) atoms. The number of hydrogen-bond donors (Lipinski definition) is 2. The van der Waals surface area contributed by atoms with E-state index in [0.717, 1.165) is 0 Å². The maximum Gasteiger partial charge on any atom is 0.408 e. The summed E-state index contributed by atoms with van der Waals surface area (Å²) in [7, 11) is 0. The first-order chi connectivity index (χ1) is 7.39. The highest BCUT2D eigenvalue weighted by atomic mass is 19.4. The molecule has 1 aliphatic rings. The van der Waals surface area contributed by atoms with Crippen LogP contribution in [0.25, 0.3) is 0 Å². The second-order valence-corrected chi connectivity index (χ2v) is 3.53. The number of rotatable bonds is 1. The van der Waals surface area contributed by atoms with Gasteiger partial charge in [-0.25, -0.2) is 4.98 Å². The van der Waals surface area contributed by atoms with Crippen molar-refractivity contribution in [2.45, 2.75) is 25.2 Å². The number of aromatic nitrogens is 2. The molecular weight excluding hydrogens is 225 g/mol. The highest BCUT2D eigenvalue weighted by Gasteiger charge is 2.42. The molecule has 2 heterocycles. The van der Waals surface area contributed by atoms with E-state index in [1.165, 1.54) is 10.9 Å². The number of hydrogen-bond acceptors (Lipinski definition) is 3. The number of nitrogens with two attached hydrogens (primary N) is 1. The second kappa shape index (κ2) is 3.39. The van der Waals surface area contributed by atoms with E-state index < -0.39 is 18.1 Å². The zero-order valence-corrected chi connectivity index (χ0v) is 8.08. The van der Waals surface area contributed by atoms with Gasteiger partial charge in [0.05, 0.1) is 6.33 Å². The van der Waals surface area contributed by atoms with E-state index in [0.29, 0.717) is 0 Å². The average molecular weight is 234 g/mol. The number of carbonyl (C=O) groups excluding carboxylic acids is 1. The Bertz CT molecular complexity index is 425. The Kier molecular flexibility index (Phi) is 2.28. The van der Waals surface area contributed by atoms with Crippen LogP contribution in [-0.2, 0) is 6.54 Å². The number of anilines is 1.